The fraction of sp³-hybridized carbons (Fsp3) is 0.240. The number of likely N-dealkylation sites (tertiary alicyclic amines) is 1. The van der Waals surface area contributed by atoms with Gasteiger partial charge in [-0.15, -0.1) is 0 Å². The smallest absolute Gasteiger partial charge is 0.119 e. The van der Waals surface area contributed by atoms with E-state index in [4.69, 9.17) is 22.1 Å². The molecule has 4 rings (SSSR count). The van der Waals surface area contributed by atoms with Crippen molar-refractivity contribution in [1.82, 2.24) is 9.88 Å². The molecule has 0 saturated carbocycles. The van der Waals surface area contributed by atoms with E-state index in [1.165, 1.54) is 0 Å². The SMILES string of the molecule is NC1CCN(CCOc2ccc(C#Cc3ccc(-c4ccc(Cl)cc4)cn3)cc2)C1. The zero-order valence-electron chi connectivity index (χ0n) is 16.7. The van der Waals surface area contributed by atoms with Gasteiger partial charge in [0.2, 0.25) is 0 Å². The first-order chi connectivity index (χ1) is 14.7. The van der Waals surface area contributed by atoms with Crippen LogP contribution in [0.4, 0.5) is 0 Å². The van der Waals surface area contributed by atoms with E-state index in [1.807, 2.05) is 66.9 Å². The van der Waals surface area contributed by atoms with Crippen LogP contribution in [-0.2, 0) is 0 Å². The Kier molecular flexibility index (Phi) is 6.66. The van der Waals surface area contributed by atoms with Gasteiger partial charge >= 0.3 is 0 Å². The maximum atomic E-state index is 5.94. The summed E-state index contributed by atoms with van der Waals surface area (Å²) in [6.07, 6.45) is 2.91. The molecular weight excluding hydrogens is 394 g/mol. The number of hydrogen-bond donors (Lipinski definition) is 1. The molecule has 2 heterocycles. The lowest BCUT2D eigenvalue weighted by molar-refractivity contribution is 0.236. The Balaban J connectivity index is 1.31. The highest BCUT2D eigenvalue weighted by Crippen LogP contribution is 2.20. The summed E-state index contributed by atoms with van der Waals surface area (Å²) < 4.78 is 5.83. The number of hydrogen-bond acceptors (Lipinski definition) is 4. The Morgan fingerprint density at radius 2 is 1.77 bits per heavy atom. The first-order valence-corrected chi connectivity index (χ1v) is 10.5. The Labute approximate surface area is 182 Å². The first-order valence-electron chi connectivity index (χ1n) is 10.1. The van der Waals surface area contributed by atoms with E-state index >= 15 is 0 Å². The van der Waals surface area contributed by atoms with Gasteiger partial charge in [-0.25, -0.2) is 4.98 Å². The van der Waals surface area contributed by atoms with Crippen LogP contribution in [0.3, 0.4) is 0 Å². The number of ether oxygens (including phenoxy) is 1. The summed E-state index contributed by atoms with van der Waals surface area (Å²) in [5.74, 6) is 7.12. The predicted molar refractivity (Wildman–Crippen MR) is 122 cm³/mol. The Morgan fingerprint density at radius 3 is 2.43 bits per heavy atom. The van der Waals surface area contributed by atoms with E-state index in [1.54, 1.807) is 0 Å². The van der Waals surface area contributed by atoms with Crippen molar-refractivity contribution in [2.45, 2.75) is 12.5 Å². The highest BCUT2D eigenvalue weighted by Gasteiger charge is 2.18. The summed E-state index contributed by atoms with van der Waals surface area (Å²) in [7, 11) is 0. The second-order valence-corrected chi connectivity index (χ2v) is 7.85. The molecule has 1 aliphatic rings. The van der Waals surface area contributed by atoms with Crippen molar-refractivity contribution in [3.63, 3.8) is 0 Å². The molecule has 3 aromatic rings. The van der Waals surface area contributed by atoms with Crippen LogP contribution in [0.1, 0.15) is 17.7 Å². The molecule has 152 valence electrons. The lowest BCUT2D eigenvalue weighted by Crippen LogP contribution is -2.29. The van der Waals surface area contributed by atoms with Gasteiger partial charge in [-0.05, 0) is 66.9 Å². The molecule has 1 aromatic heterocycles. The predicted octanol–water partition coefficient (Wildman–Crippen LogP) is 4.21. The monoisotopic (exact) mass is 417 g/mol. The van der Waals surface area contributed by atoms with Crippen LogP contribution < -0.4 is 10.5 Å². The molecule has 1 atom stereocenters. The highest BCUT2D eigenvalue weighted by atomic mass is 35.5. The van der Waals surface area contributed by atoms with Gasteiger partial charge in [0.25, 0.3) is 0 Å². The molecule has 5 heteroatoms. The minimum Gasteiger partial charge on any atom is -0.492 e. The van der Waals surface area contributed by atoms with Crippen molar-refractivity contribution >= 4 is 11.6 Å². The average Bonchev–Trinajstić information content (AvgIpc) is 3.19. The molecule has 4 nitrogen and oxygen atoms in total. The van der Waals surface area contributed by atoms with Gasteiger partial charge in [0, 0.05) is 41.5 Å². The third-order valence-corrected chi connectivity index (χ3v) is 5.37. The number of aromatic nitrogens is 1. The molecule has 0 aliphatic carbocycles. The number of benzene rings is 2. The number of rotatable bonds is 5. The molecule has 2 aromatic carbocycles. The number of nitrogens with two attached hydrogens (primary N) is 1. The zero-order valence-corrected chi connectivity index (χ0v) is 17.5. The van der Waals surface area contributed by atoms with E-state index in [2.05, 4.69) is 21.7 Å². The molecule has 2 N–H and O–H groups in total. The van der Waals surface area contributed by atoms with Crippen molar-refractivity contribution in [3.05, 3.63) is 83.1 Å². The van der Waals surface area contributed by atoms with Crippen molar-refractivity contribution < 1.29 is 4.74 Å². The standard InChI is InChI=1S/C25H24ClN3O/c26-22-7-4-20(5-8-22)21-6-10-24(28-17-21)9-1-19-2-11-25(12-3-19)30-16-15-29-14-13-23(27)18-29/h2-8,10-12,17,23H,13-16,18,27H2. The average molecular weight is 418 g/mol. The second kappa shape index (κ2) is 9.77. The van der Waals surface area contributed by atoms with Gasteiger partial charge in [-0.1, -0.05) is 35.7 Å². The van der Waals surface area contributed by atoms with Crippen LogP contribution in [0.5, 0.6) is 5.75 Å². The van der Waals surface area contributed by atoms with Gasteiger partial charge in [0.1, 0.15) is 18.1 Å². The van der Waals surface area contributed by atoms with Crippen molar-refractivity contribution in [2.75, 3.05) is 26.2 Å². The zero-order chi connectivity index (χ0) is 20.8. The topological polar surface area (TPSA) is 51.4 Å². The molecule has 0 bridgehead atoms. The lowest BCUT2D eigenvalue weighted by Gasteiger charge is -2.15. The Morgan fingerprint density at radius 1 is 1.00 bits per heavy atom. The van der Waals surface area contributed by atoms with E-state index in [9.17, 15) is 0 Å². The van der Waals surface area contributed by atoms with E-state index < -0.39 is 0 Å². The van der Waals surface area contributed by atoms with Gasteiger partial charge in [0.15, 0.2) is 0 Å². The molecule has 1 unspecified atom stereocenters. The number of nitrogens with zero attached hydrogens (tertiary/aromatic N) is 2. The summed E-state index contributed by atoms with van der Waals surface area (Å²) in [4.78, 5) is 6.79. The van der Waals surface area contributed by atoms with Crippen LogP contribution in [0.25, 0.3) is 11.1 Å². The largest absolute Gasteiger partial charge is 0.492 e. The second-order valence-electron chi connectivity index (χ2n) is 7.41. The maximum absolute atomic E-state index is 5.94. The summed E-state index contributed by atoms with van der Waals surface area (Å²) >= 11 is 5.94. The minimum atomic E-state index is 0.311. The van der Waals surface area contributed by atoms with Gasteiger partial charge in [-0.2, -0.15) is 0 Å². The molecule has 1 fully saturated rings. The van der Waals surface area contributed by atoms with Crippen LogP contribution in [0.15, 0.2) is 66.9 Å². The van der Waals surface area contributed by atoms with Crippen molar-refractivity contribution in [2.24, 2.45) is 5.73 Å². The lowest BCUT2D eigenvalue weighted by atomic mass is 10.1. The minimum absolute atomic E-state index is 0.311. The van der Waals surface area contributed by atoms with E-state index in [0.717, 1.165) is 59.2 Å². The number of pyridine rings is 1. The quantitative estimate of drug-likeness (QED) is 0.632. The molecule has 1 saturated heterocycles. The molecule has 30 heavy (non-hydrogen) atoms. The van der Waals surface area contributed by atoms with E-state index in [0.29, 0.717) is 12.6 Å². The van der Waals surface area contributed by atoms with Gasteiger partial charge in [0.05, 0.1) is 0 Å². The molecule has 0 radical (unpaired) electrons. The normalized spacial score (nSPS) is 16.1. The molecule has 0 amide bonds. The Bertz CT molecular complexity index is 1020. The first kappa shape index (κ1) is 20.4. The third-order valence-electron chi connectivity index (χ3n) is 5.12. The fourth-order valence-corrected chi connectivity index (χ4v) is 3.54. The van der Waals surface area contributed by atoms with Gasteiger partial charge in [-0.3, -0.25) is 4.90 Å². The highest BCUT2D eigenvalue weighted by molar-refractivity contribution is 6.30. The summed E-state index contributed by atoms with van der Waals surface area (Å²) in [6.45, 7) is 3.61. The summed E-state index contributed by atoms with van der Waals surface area (Å²) in [6, 6.07) is 19.8. The number of halogens is 1. The maximum Gasteiger partial charge on any atom is 0.119 e. The van der Waals surface area contributed by atoms with Crippen LogP contribution in [0, 0.1) is 11.8 Å². The summed E-state index contributed by atoms with van der Waals surface area (Å²) in [5.41, 5.74) is 9.71. The molecular formula is C25H24ClN3O. The van der Waals surface area contributed by atoms with Crippen LogP contribution >= 0.6 is 11.6 Å². The van der Waals surface area contributed by atoms with Crippen molar-refractivity contribution in [1.29, 1.82) is 0 Å². The molecule has 1 aliphatic heterocycles. The van der Waals surface area contributed by atoms with Crippen LogP contribution in [-0.4, -0.2) is 42.2 Å². The summed E-state index contributed by atoms with van der Waals surface area (Å²) in [5, 5.41) is 0.724. The molecule has 0 spiro atoms. The third kappa shape index (κ3) is 5.61. The van der Waals surface area contributed by atoms with Crippen molar-refractivity contribution in [3.8, 4) is 28.7 Å². The fourth-order valence-electron chi connectivity index (χ4n) is 3.41. The van der Waals surface area contributed by atoms with Gasteiger partial charge < -0.3 is 10.5 Å². The van der Waals surface area contributed by atoms with Crippen LogP contribution in [0.2, 0.25) is 5.02 Å². The van der Waals surface area contributed by atoms with E-state index in [-0.39, 0.29) is 0 Å². The Hall–Kier alpha value is -2.84.